The Hall–Kier alpha value is -1.39. The third-order valence-corrected chi connectivity index (χ3v) is 4.67. The Balaban J connectivity index is 1.47. The van der Waals surface area contributed by atoms with Crippen LogP contribution in [0.3, 0.4) is 0 Å². The zero-order chi connectivity index (χ0) is 13.8. The van der Waals surface area contributed by atoms with Gasteiger partial charge in [-0.1, -0.05) is 30.3 Å². The molecule has 1 saturated heterocycles. The van der Waals surface area contributed by atoms with Crippen LogP contribution in [0, 0.1) is 6.92 Å². The van der Waals surface area contributed by atoms with Crippen molar-refractivity contribution in [3.63, 3.8) is 0 Å². The van der Waals surface area contributed by atoms with Gasteiger partial charge in [0.1, 0.15) is 0 Å². The van der Waals surface area contributed by atoms with Crippen molar-refractivity contribution in [2.24, 2.45) is 0 Å². The molecule has 20 heavy (non-hydrogen) atoms. The number of aromatic nitrogens is 1. The van der Waals surface area contributed by atoms with Gasteiger partial charge in [0.25, 0.3) is 0 Å². The van der Waals surface area contributed by atoms with Crippen LogP contribution in [0.4, 0.5) is 5.13 Å². The van der Waals surface area contributed by atoms with E-state index in [0.717, 1.165) is 30.5 Å². The molecule has 1 aromatic heterocycles. The highest BCUT2D eigenvalue weighted by Gasteiger charge is 2.19. The van der Waals surface area contributed by atoms with Gasteiger partial charge in [0, 0.05) is 31.1 Å². The molecule has 0 spiro atoms. The van der Waals surface area contributed by atoms with Crippen molar-refractivity contribution in [3.05, 3.63) is 47.0 Å². The number of nitrogens with zero attached hydrogens (tertiary/aromatic N) is 2. The molecule has 3 rings (SSSR count). The Morgan fingerprint density at radius 1 is 1.25 bits per heavy atom. The number of anilines is 1. The number of hydrogen-bond donors (Lipinski definition) is 1. The number of rotatable bonds is 4. The smallest absolute Gasteiger partial charge is 0.183 e. The Labute approximate surface area is 124 Å². The summed E-state index contributed by atoms with van der Waals surface area (Å²) in [5, 5.41) is 6.74. The van der Waals surface area contributed by atoms with E-state index in [1.807, 2.05) is 6.92 Å². The summed E-state index contributed by atoms with van der Waals surface area (Å²) in [7, 11) is 0. The molecule has 2 aromatic rings. The van der Waals surface area contributed by atoms with E-state index in [2.05, 4.69) is 50.9 Å². The second kappa shape index (κ2) is 6.37. The molecule has 1 aliphatic rings. The van der Waals surface area contributed by atoms with Gasteiger partial charge in [0.15, 0.2) is 5.13 Å². The molecular formula is C16H21N3S. The summed E-state index contributed by atoms with van der Waals surface area (Å²) in [6.07, 6.45) is 2.40. The summed E-state index contributed by atoms with van der Waals surface area (Å²) in [6.45, 7) is 5.45. The monoisotopic (exact) mass is 287 g/mol. The van der Waals surface area contributed by atoms with Crippen molar-refractivity contribution in [2.45, 2.75) is 32.4 Å². The molecule has 0 bridgehead atoms. The molecule has 4 heteroatoms. The molecular weight excluding hydrogens is 266 g/mol. The van der Waals surface area contributed by atoms with Crippen molar-refractivity contribution in [1.82, 2.24) is 9.88 Å². The van der Waals surface area contributed by atoms with Crippen LogP contribution in [-0.4, -0.2) is 29.0 Å². The van der Waals surface area contributed by atoms with Crippen LogP contribution in [0.25, 0.3) is 0 Å². The lowest BCUT2D eigenvalue weighted by Gasteiger charge is -2.32. The third-order valence-electron chi connectivity index (χ3n) is 3.78. The van der Waals surface area contributed by atoms with Crippen molar-refractivity contribution in [1.29, 1.82) is 0 Å². The molecule has 1 aliphatic heterocycles. The van der Waals surface area contributed by atoms with E-state index < -0.39 is 0 Å². The highest BCUT2D eigenvalue weighted by molar-refractivity contribution is 7.13. The number of nitrogens with one attached hydrogen (secondary N) is 1. The molecule has 1 aromatic carbocycles. The maximum atomic E-state index is 4.49. The molecule has 2 heterocycles. The first kappa shape index (κ1) is 13.6. The van der Waals surface area contributed by atoms with Crippen molar-refractivity contribution in [2.75, 3.05) is 18.4 Å². The fourth-order valence-electron chi connectivity index (χ4n) is 2.67. The van der Waals surface area contributed by atoms with Gasteiger partial charge in [0.05, 0.1) is 5.69 Å². The van der Waals surface area contributed by atoms with Crippen LogP contribution >= 0.6 is 11.3 Å². The van der Waals surface area contributed by atoms with E-state index in [4.69, 9.17) is 0 Å². The van der Waals surface area contributed by atoms with Gasteiger partial charge >= 0.3 is 0 Å². The quantitative estimate of drug-likeness (QED) is 0.932. The zero-order valence-electron chi connectivity index (χ0n) is 11.9. The van der Waals surface area contributed by atoms with Gasteiger partial charge < -0.3 is 5.32 Å². The number of aryl methyl sites for hydroxylation is 1. The average molecular weight is 287 g/mol. The molecule has 0 amide bonds. The van der Waals surface area contributed by atoms with Gasteiger partial charge in [-0.3, -0.25) is 4.90 Å². The fourth-order valence-corrected chi connectivity index (χ4v) is 3.44. The van der Waals surface area contributed by atoms with Crippen LogP contribution in [0.15, 0.2) is 35.7 Å². The van der Waals surface area contributed by atoms with Crippen LogP contribution < -0.4 is 5.32 Å². The number of likely N-dealkylation sites (tertiary alicyclic amines) is 1. The van der Waals surface area contributed by atoms with E-state index >= 15 is 0 Å². The fraction of sp³-hybridized carbons (Fsp3) is 0.438. The largest absolute Gasteiger partial charge is 0.359 e. The minimum absolute atomic E-state index is 0.576. The summed E-state index contributed by atoms with van der Waals surface area (Å²) in [5.74, 6) is 0. The number of benzene rings is 1. The number of piperidine rings is 1. The van der Waals surface area contributed by atoms with E-state index in [9.17, 15) is 0 Å². The van der Waals surface area contributed by atoms with Gasteiger partial charge in [0.2, 0.25) is 0 Å². The summed E-state index contributed by atoms with van der Waals surface area (Å²) < 4.78 is 0. The normalized spacial score (nSPS) is 17.2. The first-order valence-corrected chi connectivity index (χ1v) is 8.12. The molecule has 0 atom stereocenters. The van der Waals surface area contributed by atoms with Gasteiger partial charge in [-0.25, -0.2) is 4.98 Å². The van der Waals surface area contributed by atoms with E-state index in [1.54, 1.807) is 11.3 Å². The van der Waals surface area contributed by atoms with Crippen molar-refractivity contribution in [3.8, 4) is 0 Å². The topological polar surface area (TPSA) is 28.2 Å². The minimum atomic E-state index is 0.576. The number of hydrogen-bond acceptors (Lipinski definition) is 4. The molecule has 106 valence electrons. The average Bonchev–Trinajstić information content (AvgIpc) is 2.88. The standard InChI is InChI=1S/C16H21N3S/c1-13-12-20-16(17-13)18-15-7-9-19(10-8-15)11-14-5-3-2-4-6-14/h2-6,12,15H,7-11H2,1H3,(H,17,18). The SMILES string of the molecule is Cc1csc(NC2CCN(Cc3ccccc3)CC2)n1. The van der Waals surface area contributed by atoms with E-state index in [-0.39, 0.29) is 0 Å². The zero-order valence-corrected chi connectivity index (χ0v) is 12.7. The van der Waals surface area contributed by atoms with E-state index in [1.165, 1.54) is 18.4 Å². The maximum Gasteiger partial charge on any atom is 0.183 e. The Bertz CT molecular complexity index is 530. The van der Waals surface area contributed by atoms with Crippen molar-refractivity contribution < 1.29 is 0 Å². The first-order chi connectivity index (χ1) is 9.79. The lowest BCUT2D eigenvalue weighted by Crippen LogP contribution is -2.38. The predicted molar refractivity (Wildman–Crippen MR) is 85.2 cm³/mol. The summed E-state index contributed by atoms with van der Waals surface area (Å²) in [4.78, 5) is 7.03. The summed E-state index contributed by atoms with van der Waals surface area (Å²) >= 11 is 1.71. The Morgan fingerprint density at radius 3 is 2.65 bits per heavy atom. The molecule has 1 fully saturated rings. The highest BCUT2D eigenvalue weighted by atomic mass is 32.1. The molecule has 0 radical (unpaired) electrons. The molecule has 0 unspecified atom stereocenters. The number of thiazole rings is 1. The van der Waals surface area contributed by atoms with Gasteiger partial charge in [-0.2, -0.15) is 0 Å². The van der Waals surface area contributed by atoms with Crippen LogP contribution in [0.5, 0.6) is 0 Å². The lowest BCUT2D eigenvalue weighted by atomic mass is 10.0. The molecule has 3 nitrogen and oxygen atoms in total. The second-order valence-corrected chi connectivity index (χ2v) is 6.33. The predicted octanol–water partition coefficient (Wildman–Crippen LogP) is 3.53. The summed E-state index contributed by atoms with van der Waals surface area (Å²) in [6, 6.07) is 11.3. The van der Waals surface area contributed by atoms with E-state index in [0.29, 0.717) is 6.04 Å². The second-order valence-electron chi connectivity index (χ2n) is 5.47. The Kier molecular flexibility index (Phi) is 4.33. The third kappa shape index (κ3) is 3.58. The van der Waals surface area contributed by atoms with Crippen molar-refractivity contribution >= 4 is 16.5 Å². The molecule has 1 N–H and O–H groups in total. The Morgan fingerprint density at radius 2 is 2.00 bits per heavy atom. The van der Waals surface area contributed by atoms with Crippen LogP contribution in [-0.2, 0) is 6.54 Å². The minimum Gasteiger partial charge on any atom is -0.359 e. The van der Waals surface area contributed by atoms with Crippen LogP contribution in [0.1, 0.15) is 24.1 Å². The van der Waals surface area contributed by atoms with Gasteiger partial charge in [-0.15, -0.1) is 11.3 Å². The van der Waals surface area contributed by atoms with Crippen LogP contribution in [0.2, 0.25) is 0 Å². The first-order valence-electron chi connectivity index (χ1n) is 7.24. The molecule has 0 aliphatic carbocycles. The summed E-state index contributed by atoms with van der Waals surface area (Å²) in [5.41, 5.74) is 2.52. The van der Waals surface area contributed by atoms with Gasteiger partial charge in [-0.05, 0) is 25.3 Å². The highest BCUT2D eigenvalue weighted by Crippen LogP contribution is 2.20. The lowest BCUT2D eigenvalue weighted by molar-refractivity contribution is 0.211. The maximum absolute atomic E-state index is 4.49. The molecule has 0 saturated carbocycles.